The predicted octanol–water partition coefficient (Wildman–Crippen LogP) is 4.72. The molecule has 2 rings (SSSR count). The van der Waals surface area contributed by atoms with Crippen molar-refractivity contribution in [3.8, 4) is 5.75 Å². The maximum absolute atomic E-state index is 12.7. The van der Waals surface area contributed by atoms with E-state index in [-0.39, 0.29) is 5.91 Å². The van der Waals surface area contributed by atoms with E-state index in [4.69, 9.17) is 9.47 Å². The highest BCUT2D eigenvalue weighted by atomic mass is 16.5. The van der Waals surface area contributed by atoms with E-state index < -0.39 is 5.60 Å². The Morgan fingerprint density at radius 2 is 1.79 bits per heavy atom. The maximum atomic E-state index is 12.7. The van der Waals surface area contributed by atoms with Crippen LogP contribution in [-0.4, -0.2) is 49.3 Å². The Balaban J connectivity index is 1.83. The number of hydrogen-bond acceptors (Lipinski definition) is 4. The molecule has 0 unspecified atom stereocenters. The third kappa shape index (κ3) is 7.44. The number of nitrogens with zero attached hydrogens (tertiary/aromatic N) is 1. The first-order valence-corrected chi connectivity index (χ1v) is 10.8. The van der Waals surface area contributed by atoms with E-state index in [1.165, 1.54) is 38.8 Å². The maximum Gasteiger partial charge on any atom is 0.256 e. The first kappa shape index (κ1) is 22.7. The minimum atomic E-state index is -0.814. The first-order chi connectivity index (χ1) is 13.4. The van der Waals surface area contributed by atoms with Gasteiger partial charge in [-0.2, -0.15) is 0 Å². The summed E-state index contributed by atoms with van der Waals surface area (Å²) in [7, 11) is 0. The van der Waals surface area contributed by atoms with Crippen LogP contribution in [0.4, 0.5) is 5.69 Å². The second-order valence-electron chi connectivity index (χ2n) is 8.34. The summed E-state index contributed by atoms with van der Waals surface area (Å²) in [5.41, 5.74) is -0.0508. The summed E-state index contributed by atoms with van der Waals surface area (Å²) in [4.78, 5) is 15.2. The van der Waals surface area contributed by atoms with E-state index in [2.05, 4.69) is 24.1 Å². The SMILES string of the molecule is CCO[C@@](C)(CC(C)C)C(=O)Nc1ccc(OCCN2CCCCCC2)cc1. The number of carbonyl (C=O) groups is 1. The van der Waals surface area contributed by atoms with Gasteiger partial charge in [0.15, 0.2) is 0 Å². The van der Waals surface area contributed by atoms with Crippen molar-refractivity contribution in [1.82, 2.24) is 4.90 Å². The lowest BCUT2D eigenvalue weighted by Gasteiger charge is -2.29. The topological polar surface area (TPSA) is 50.8 Å². The third-order valence-electron chi connectivity index (χ3n) is 5.23. The van der Waals surface area contributed by atoms with Gasteiger partial charge in [-0.15, -0.1) is 0 Å². The summed E-state index contributed by atoms with van der Waals surface area (Å²) in [5.74, 6) is 1.11. The molecule has 1 N–H and O–H groups in total. The minimum absolute atomic E-state index is 0.0992. The molecule has 0 bridgehead atoms. The van der Waals surface area contributed by atoms with Crippen molar-refractivity contribution in [3.63, 3.8) is 0 Å². The first-order valence-electron chi connectivity index (χ1n) is 10.8. The Hall–Kier alpha value is -1.59. The van der Waals surface area contributed by atoms with Gasteiger partial charge in [-0.25, -0.2) is 0 Å². The number of benzene rings is 1. The number of rotatable bonds is 10. The lowest BCUT2D eigenvalue weighted by atomic mass is 9.93. The monoisotopic (exact) mass is 390 g/mol. The second-order valence-corrected chi connectivity index (χ2v) is 8.34. The molecule has 1 aliphatic heterocycles. The Morgan fingerprint density at radius 1 is 1.14 bits per heavy atom. The zero-order valence-electron chi connectivity index (χ0n) is 18.1. The fourth-order valence-corrected chi connectivity index (χ4v) is 3.86. The summed E-state index contributed by atoms with van der Waals surface area (Å²) < 4.78 is 11.7. The molecule has 1 aliphatic rings. The minimum Gasteiger partial charge on any atom is -0.492 e. The largest absolute Gasteiger partial charge is 0.492 e. The molecule has 0 aromatic heterocycles. The molecule has 0 radical (unpaired) electrons. The van der Waals surface area contributed by atoms with Crippen molar-refractivity contribution in [3.05, 3.63) is 24.3 Å². The Kier molecular flexibility index (Phi) is 9.26. The fourth-order valence-electron chi connectivity index (χ4n) is 3.86. The number of anilines is 1. The van der Waals surface area contributed by atoms with Crippen LogP contribution < -0.4 is 10.1 Å². The molecular formula is C23H38N2O3. The van der Waals surface area contributed by atoms with Gasteiger partial charge < -0.3 is 14.8 Å². The summed E-state index contributed by atoms with van der Waals surface area (Å²) in [5, 5.41) is 2.99. The number of carbonyl (C=O) groups excluding carboxylic acids is 1. The number of nitrogens with one attached hydrogen (secondary N) is 1. The van der Waals surface area contributed by atoms with Crippen molar-refractivity contribution >= 4 is 11.6 Å². The van der Waals surface area contributed by atoms with Gasteiger partial charge in [0.05, 0.1) is 0 Å². The zero-order valence-corrected chi connectivity index (χ0v) is 18.1. The molecule has 1 amide bonds. The van der Waals surface area contributed by atoms with Gasteiger partial charge in [0.2, 0.25) is 0 Å². The molecule has 1 atom stereocenters. The van der Waals surface area contributed by atoms with Crippen LogP contribution in [0.25, 0.3) is 0 Å². The zero-order chi connectivity index (χ0) is 20.4. The smallest absolute Gasteiger partial charge is 0.256 e. The molecule has 0 aliphatic carbocycles. The van der Waals surface area contributed by atoms with Crippen LogP contribution in [0.15, 0.2) is 24.3 Å². The van der Waals surface area contributed by atoms with Crippen LogP contribution in [0, 0.1) is 5.92 Å². The van der Waals surface area contributed by atoms with Crippen LogP contribution >= 0.6 is 0 Å². The van der Waals surface area contributed by atoms with Crippen LogP contribution in [0.5, 0.6) is 5.75 Å². The van der Waals surface area contributed by atoms with Gasteiger partial charge in [-0.1, -0.05) is 26.7 Å². The predicted molar refractivity (Wildman–Crippen MR) is 115 cm³/mol. The van der Waals surface area contributed by atoms with E-state index >= 15 is 0 Å². The molecule has 1 fully saturated rings. The van der Waals surface area contributed by atoms with E-state index in [0.717, 1.165) is 18.0 Å². The highest BCUT2D eigenvalue weighted by Gasteiger charge is 2.34. The quantitative estimate of drug-likeness (QED) is 0.628. The average molecular weight is 391 g/mol. The van der Waals surface area contributed by atoms with Crippen LogP contribution in [0.1, 0.15) is 59.8 Å². The van der Waals surface area contributed by atoms with E-state index in [1.54, 1.807) is 0 Å². The van der Waals surface area contributed by atoms with E-state index in [0.29, 0.717) is 25.6 Å². The molecule has 5 nitrogen and oxygen atoms in total. The molecule has 1 aromatic rings. The molecule has 1 heterocycles. The Labute approximate surface area is 170 Å². The number of hydrogen-bond donors (Lipinski definition) is 1. The lowest BCUT2D eigenvalue weighted by molar-refractivity contribution is -0.140. The van der Waals surface area contributed by atoms with Crippen molar-refractivity contribution in [2.45, 2.75) is 65.4 Å². The van der Waals surface area contributed by atoms with E-state index in [1.807, 2.05) is 38.1 Å². The fraction of sp³-hybridized carbons (Fsp3) is 0.696. The summed E-state index contributed by atoms with van der Waals surface area (Å²) in [6, 6.07) is 7.61. The normalized spacial score (nSPS) is 17.8. The summed E-state index contributed by atoms with van der Waals surface area (Å²) >= 11 is 0. The molecule has 158 valence electrons. The number of likely N-dealkylation sites (tertiary alicyclic amines) is 1. The van der Waals surface area contributed by atoms with Crippen molar-refractivity contribution in [2.24, 2.45) is 5.92 Å². The summed E-state index contributed by atoms with van der Waals surface area (Å²) in [6.07, 6.45) is 5.98. The lowest BCUT2D eigenvalue weighted by Crippen LogP contribution is -2.43. The molecule has 28 heavy (non-hydrogen) atoms. The Bertz CT molecular complexity index is 580. The van der Waals surface area contributed by atoms with Crippen molar-refractivity contribution in [2.75, 3.05) is 38.2 Å². The Morgan fingerprint density at radius 3 is 2.36 bits per heavy atom. The van der Waals surface area contributed by atoms with Gasteiger partial charge in [-0.05, 0) is 76.4 Å². The molecule has 1 aromatic carbocycles. The van der Waals surface area contributed by atoms with Gasteiger partial charge >= 0.3 is 0 Å². The molecule has 5 heteroatoms. The third-order valence-corrected chi connectivity index (χ3v) is 5.23. The molecule has 1 saturated heterocycles. The van der Waals surface area contributed by atoms with Gasteiger partial charge in [0.25, 0.3) is 5.91 Å². The second kappa shape index (κ2) is 11.4. The van der Waals surface area contributed by atoms with Crippen LogP contribution in [0.2, 0.25) is 0 Å². The standard InChI is InChI=1S/C23H38N2O3/c1-5-28-23(4,18-19(2)3)22(26)24-20-10-12-21(13-11-20)27-17-16-25-14-8-6-7-9-15-25/h10-13,19H,5-9,14-18H2,1-4H3,(H,24,26)/t23-/m0/s1. The number of ether oxygens (including phenoxy) is 2. The highest BCUT2D eigenvalue weighted by Crippen LogP contribution is 2.24. The number of amides is 1. The highest BCUT2D eigenvalue weighted by molar-refractivity contribution is 5.97. The van der Waals surface area contributed by atoms with Crippen LogP contribution in [0.3, 0.4) is 0 Å². The van der Waals surface area contributed by atoms with Crippen molar-refractivity contribution in [1.29, 1.82) is 0 Å². The molecule has 0 saturated carbocycles. The van der Waals surface area contributed by atoms with E-state index in [9.17, 15) is 4.79 Å². The molecule has 0 spiro atoms. The van der Waals surface area contributed by atoms with Crippen molar-refractivity contribution < 1.29 is 14.3 Å². The van der Waals surface area contributed by atoms with Gasteiger partial charge in [-0.3, -0.25) is 9.69 Å². The van der Waals surface area contributed by atoms with Gasteiger partial charge in [0, 0.05) is 18.8 Å². The molecular weight excluding hydrogens is 352 g/mol. The van der Waals surface area contributed by atoms with Gasteiger partial charge in [0.1, 0.15) is 18.0 Å². The average Bonchev–Trinajstić information content (AvgIpc) is 2.91. The van der Waals surface area contributed by atoms with Crippen LogP contribution in [-0.2, 0) is 9.53 Å². The summed E-state index contributed by atoms with van der Waals surface area (Å²) in [6.45, 7) is 12.5.